The molecule has 6 heteroatoms. The summed E-state index contributed by atoms with van der Waals surface area (Å²) in [5, 5.41) is 2.88. The standard InChI is InChI=1S/C16H20N4O2/c1-19-7-9-20(10-8-19)15-14(5-2-6-17-15)16(21)18-12-13-4-3-11-22-13/h2-6,11H,7-10,12H2,1H3,(H,18,21). The molecule has 0 atom stereocenters. The number of piperazine rings is 1. The topological polar surface area (TPSA) is 61.6 Å². The maximum absolute atomic E-state index is 12.4. The number of likely N-dealkylation sites (N-methyl/N-ethyl adjacent to an activating group) is 1. The minimum absolute atomic E-state index is 0.126. The molecule has 0 saturated carbocycles. The molecule has 3 rings (SSSR count). The molecule has 116 valence electrons. The Kier molecular flexibility index (Phi) is 4.39. The summed E-state index contributed by atoms with van der Waals surface area (Å²) in [6.07, 6.45) is 3.33. The van der Waals surface area contributed by atoms with E-state index in [0.29, 0.717) is 12.1 Å². The Labute approximate surface area is 129 Å². The number of pyridine rings is 1. The van der Waals surface area contributed by atoms with E-state index in [1.165, 1.54) is 0 Å². The third-order valence-electron chi connectivity index (χ3n) is 3.84. The molecule has 22 heavy (non-hydrogen) atoms. The third-order valence-corrected chi connectivity index (χ3v) is 3.84. The van der Waals surface area contributed by atoms with Crippen molar-refractivity contribution in [3.63, 3.8) is 0 Å². The Balaban J connectivity index is 1.71. The van der Waals surface area contributed by atoms with E-state index in [2.05, 4.69) is 27.1 Å². The first-order chi connectivity index (χ1) is 10.7. The van der Waals surface area contributed by atoms with Gasteiger partial charge in [0, 0.05) is 32.4 Å². The summed E-state index contributed by atoms with van der Waals surface area (Å²) in [7, 11) is 2.10. The minimum Gasteiger partial charge on any atom is -0.467 e. The average molecular weight is 300 g/mol. The van der Waals surface area contributed by atoms with Crippen molar-refractivity contribution in [1.29, 1.82) is 0 Å². The van der Waals surface area contributed by atoms with Crippen LogP contribution in [-0.4, -0.2) is 49.0 Å². The van der Waals surface area contributed by atoms with Crippen LogP contribution in [0.25, 0.3) is 0 Å². The lowest BCUT2D eigenvalue weighted by molar-refractivity contribution is 0.0948. The van der Waals surface area contributed by atoms with E-state index in [1.807, 2.05) is 12.1 Å². The second-order valence-electron chi connectivity index (χ2n) is 5.43. The van der Waals surface area contributed by atoms with Crippen LogP contribution in [0.3, 0.4) is 0 Å². The minimum atomic E-state index is -0.126. The van der Waals surface area contributed by atoms with Crippen LogP contribution in [0, 0.1) is 0 Å². The fourth-order valence-corrected chi connectivity index (χ4v) is 2.52. The van der Waals surface area contributed by atoms with Gasteiger partial charge in [-0.15, -0.1) is 0 Å². The van der Waals surface area contributed by atoms with Gasteiger partial charge in [0.1, 0.15) is 11.6 Å². The van der Waals surface area contributed by atoms with Crippen molar-refractivity contribution in [3.05, 3.63) is 48.0 Å². The summed E-state index contributed by atoms with van der Waals surface area (Å²) >= 11 is 0. The molecule has 0 radical (unpaired) electrons. The van der Waals surface area contributed by atoms with Crippen LogP contribution in [0.15, 0.2) is 41.1 Å². The highest BCUT2D eigenvalue weighted by Crippen LogP contribution is 2.18. The Hall–Kier alpha value is -2.34. The maximum Gasteiger partial charge on any atom is 0.255 e. The van der Waals surface area contributed by atoms with E-state index in [9.17, 15) is 4.79 Å². The van der Waals surface area contributed by atoms with Crippen LogP contribution in [0.4, 0.5) is 5.82 Å². The van der Waals surface area contributed by atoms with Crippen molar-refractivity contribution in [2.45, 2.75) is 6.54 Å². The molecule has 1 amide bonds. The fourth-order valence-electron chi connectivity index (χ4n) is 2.52. The number of carbonyl (C=O) groups excluding carboxylic acids is 1. The zero-order valence-electron chi connectivity index (χ0n) is 12.7. The monoisotopic (exact) mass is 300 g/mol. The molecule has 1 aliphatic rings. The molecule has 0 aliphatic carbocycles. The van der Waals surface area contributed by atoms with Gasteiger partial charge in [-0.25, -0.2) is 4.98 Å². The smallest absolute Gasteiger partial charge is 0.255 e. The zero-order valence-corrected chi connectivity index (χ0v) is 12.7. The van der Waals surface area contributed by atoms with Crippen molar-refractivity contribution in [1.82, 2.24) is 15.2 Å². The SMILES string of the molecule is CN1CCN(c2ncccc2C(=O)NCc2ccco2)CC1. The van der Waals surface area contributed by atoms with E-state index in [0.717, 1.165) is 37.8 Å². The van der Waals surface area contributed by atoms with Gasteiger partial charge in [0.05, 0.1) is 18.4 Å². The number of furan rings is 1. The Morgan fingerprint density at radius 2 is 2.09 bits per heavy atom. The quantitative estimate of drug-likeness (QED) is 0.923. The van der Waals surface area contributed by atoms with Crippen LogP contribution >= 0.6 is 0 Å². The van der Waals surface area contributed by atoms with Gasteiger partial charge in [-0.2, -0.15) is 0 Å². The number of hydrogen-bond donors (Lipinski definition) is 1. The molecule has 1 N–H and O–H groups in total. The van der Waals surface area contributed by atoms with Gasteiger partial charge in [-0.3, -0.25) is 4.79 Å². The number of rotatable bonds is 4. The van der Waals surface area contributed by atoms with Crippen LogP contribution in [0.1, 0.15) is 16.1 Å². The van der Waals surface area contributed by atoms with Gasteiger partial charge in [-0.05, 0) is 31.3 Å². The van der Waals surface area contributed by atoms with Crippen LogP contribution in [0.5, 0.6) is 0 Å². The van der Waals surface area contributed by atoms with E-state index in [-0.39, 0.29) is 5.91 Å². The Morgan fingerprint density at radius 3 is 2.82 bits per heavy atom. The molecule has 3 heterocycles. The predicted octanol–water partition coefficient (Wildman–Crippen LogP) is 1.36. The predicted molar refractivity (Wildman–Crippen MR) is 83.8 cm³/mol. The number of hydrogen-bond acceptors (Lipinski definition) is 5. The molecule has 0 aromatic carbocycles. The maximum atomic E-state index is 12.4. The number of carbonyl (C=O) groups is 1. The van der Waals surface area contributed by atoms with E-state index < -0.39 is 0 Å². The van der Waals surface area contributed by atoms with Crippen molar-refractivity contribution in [2.24, 2.45) is 0 Å². The summed E-state index contributed by atoms with van der Waals surface area (Å²) in [5.41, 5.74) is 0.610. The second kappa shape index (κ2) is 6.62. The number of amides is 1. The number of anilines is 1. The van der Waals surface area contributed by atoms with E-state index in [4.69, 9.17) is 4.42 Å². The first kappa shape index (κ1) is 14.6. The van der Waals surface area contributed by atoms with Gasteiger partial charge in [0.15, 0.2) is 0 Å². The molecule has 2 aromatic heterocycles. The highest BCUT2D eigenvalue weighted by Gasteiger charge is 2.21. The normalized spacial score (nSPS) is 15.8. The van der Waals surface area contributed by atoms with Crippen molar-refractivity contribution >= 4 is 11.7 Å². The molecule has 0 unspecified atom stereocenters. The molecule has 1 saturated heterocycles. The lowest BCUT2D eigenvalue weighted by atomic mass is 10.2. The summed E-state index contributed by atoms with van der Waals surface area (Å²) in [4.78, 5) is 21.3. The summed E-state index contributed by atoms with van der Waals surface area (Å²) in [6, 6.07) is 7.26. The second-order valence-corrected chi connectivity index (χ2v) is 5.43. The molecule has 0 bridgehead atoms. The van der Waals surface area contributed by atoms with Crippen LogP contribution < -0.4 is 10.2 Å². The Bertz CT molecular complexity index is 619. The van der Waals surface area contributed by atoms with Crippen LogP contribution in [-0.2, 0) is 6.54 Å². The highest BCUT2D eigenvalue weighted by molar-refractivity contribution is 5.98. The average Bonchev–Trinajstić information content (AvgIpc) is 3.07. The van der Waals surface area contributed by atoms with Gasteiger partial charge < -0.3 is 19.5 Å². The molecule has 0 spiro atoms. The van der Waals surface area contributed by atoms with Gasteiger partial charge in [-0.1, -0.05) is 0 Å². The van der Waals surface area contributed by atoms with Gasteiger partial charge in [0.2, 0.25) is 0 Å². The third kappa shape index (κ3) is 3.28. The van der Waals surface area contributed by atoms with Crippen LogP contribution in [0.2, 0.25) is 0 Å². The number of nitrogens with one attached hydrogen (secondary N) is 1. The van der Waals surface area contributed by atoms with E-state index in [1.54, 1.807) is 24.6 Å². The molecule has 6 nitrogen and oxygen atoms in total. The largest absolute Gasteiger partial charge is 0.467 e. The van der Waals surface area contributed by atoms with Crippen molar-refractivity contribution in [2.75, 3.05) is 38.1 Å². The lowest BCUT2D eigenvalue weighted by Gasteiger charge is -2.34. The first-order valence-corrected chi connectivity index (χ1v) is 7.43. The molecule has 1 fully saturated rings. The zero-order chi connectivity index (χ0) is 15.4. The van der Waals surface area contributed by atoms with Gasteiger partial charge >= 0.3 is 0 Å². The van der Waals surface area contributed by atoms with Gasteiger partial charge in [0.25, 0.3) is 5.91 Å². The lowest BCUT2D eigenvalue weighted by Crippen LogP contribution is -2.45. The van der Waals surface area contributed by atoms with E-state index >= 15 is 0 Å². The number of aromatic nitrogens is 1. The van der Waals surface area contributed by atoms with Crippen molar-refractivity contribution in [3.8, 4) is 0 Å². The number of nitrogens with zero attached hydrogens (tertiary/aromatic N) is 3. The van der Waals surface area contributed by atoms with Crippen molar-refractivity contribution < 1.29 is 9.21 Å². The molecular formula is C16H20N4O2. The molecule has 1 aliphatic heterocycles. The summed E-state index contributed by atoms with van der Waals surface area (Å²) in [5.74, 6) is 1.37. The summed E-state index contributed by atoms with van der Waals surface area (Å²) in [6.45, 7) is 4.09. The fraction of sp³-hybridized carbons (Fsp3) is 0.375. The summed E-state index contributed by atoms with van der Waals surface area (Å²) < 4.78 is 5.23. The molecule has 2 aromatic rings. The Morgan fingerprint density at radius 1 is 1.27 bits per heavy atom. The highest BCUT2D eigenvalue weighted by atomic mass is 16.3. The first-order valence-electron chi connectivity index (χ1n) is 7.43. The molecular weight excluding hydrogens is 280 g/mol.